The monoisotopic (exact) mass is 406 g/mol. The molecule has 1 aromatic heterocycles. The van der Waals surface area contributed by atoms with Crippen LogP contribution in [0.4, 0.5) is 4.39 Å². The van der Waals surface area contributed by atoms with Crippen molar-refractivity contribution in [3.8, 4) is 16.9 Å². The molecule has 0 spiro atoms. The summed E-state index contributed by atoms with van der Waals surface area (Å²) in [6.07, 6.45) is 3.77. The normalized spacial score (nSPS) is 12.5. The van der Waals surface area contributed by atoms with E-state index in [2.05, 4.69) is 11.1 Å². The number of hydrogen-bond donors (Lipinski definition) is 2. The van der Waals surface area contributed by atoms with Crippen LogP contribution in [0.5, 0.6) is 5.75 Å². The first-order chi connectivity index (χ1) is 14.6. The number of fused-ring (bicyclic) bond motifs is 1. The zero-order valence-electron chi connectivity index (χ0n) is 16.5. The van der Waals surface area contributed by atoms with E-state index in [-0.39, 0.29) is 18.7 Å². The molecule has 0 saturated heterocycles. The van der Waals surface area contributed by atoms with E-state index < -0.39 is 11.8 Å². The van der Waals surface area contributed by atoms with Crippen molar-refractivity contribution in [1.29, 1.82) is 0 Å². The number of carboxylic acids is 1. The van der Waals surface area contributed by atoms with Gasteiger partial charge in [0.2, 0.25) is 0 Å². The summed E-state index contributed by atoms with van der Waals surface area (Å²) in [4.78, 5) is 15.2. The highest BCUT2D eigenvalue weighted by Gasteiger charge is 2.22. The van der Waals surface area contributed by atoms with Gasteiger partial charge in [-0.1, -0.05) is 30.3 Å². The van der Waals surface area contributed by atoms with E-state index in [9.17, 15) is 9.18 Å². The molecule has 2 aromatic carbocycles. The van der Waals surface area contributed by atoms with Crippen LogP contribution < -0.4 is 10.5 Å². The van der Waals surface area contributed by atoms with E-state index in [1.165, 1.54) is 0 Å². The first-order valence-corrected chi connectivity index (χ1v) is 9.97. The molecule has 3 aromatic rings. The van der Waals surface area contributed by atoms with Crippen molar-refractivity contribution in [2.75, 3.05) is 6.61 Å². The summed E-state index contributed by atoms with van der Waals surface area (Å²) in [6.45, 7) is 0.604. The van der Waals surface area contributed by atoms with Crippen molar-refractivity contribution < 1.29 is 19.0 Å². The van der Waals surface area contributed by atoms with E-state index in [4.69, 9.17) is 15.6 Å². The Morgan fingerprint density at radius 2 is 1.93 bits per heavy atom. The number of aliphatic carboxylic acids is 1. The van der Waals surface area contributed by atoms with Gasteiger partial charge in [-0.2, -0.15) is 0 Å². The van der Waals surface area contributed by atoms with Gasteiger partial charge in [-0.25, -0.2) is 4.39 Å². The summed E-state index contributed by atoms with van der Waals surface area (Å²) in [5.41, 5.74) is 11.0. The van der Waals surface area contributed by atoms with Crippen molar-refractivity contribution in [2.45, 2.75) is 32.2 Å². The van der Waals surface area contributed by atoms with Gasteiger partial charge in [0.1, 0.15) is 5.75 Å². The lowest BCUT2D eigenvalue weighted by atomic mass is 9.93. The second kappa shape index (κ2) is 8.63. The molecule has 0 bridgehead atoms. The molecule has 154 valence electrons. The highest BCUT2D eigenvalue weighted by molar-refractivity contribution is 5.74. The predicted molar refractivity (Wildman–Crippen MR) is 112 cm³/mol. The van der Waals surface area contributed by atoms with Crippen molar-refractivity contribution in [3.05, 3.63) is 82.4 Å². The molecule has 0 radical (unpaired) electrons. The van der Waals surface area contributed by atoms with Crippen LogP contribution in [0.3, 0.4) is 0 Å². The van der Waals surface area contributed by atoms with Crippen LogP contribution in [-0.4, -0.2) is 22.7 Å². The Kier molecular flexibility index (Phi) is 5.77. The first-order valence-electron chi connectivity index (χ1n) is 9.97. The van der Waals surface area contributed by atoms with Gasteiger partial charge in [0.15, 0.2) is 5.82 Å². The van der Waals surface area contributed by atoms with Crippen LogP contribution in [0.15, 0.2) is 48.7 Å². The predicted octanol–water partition coefficient (Wildman–Crippen LogP) is 3.69. The van der Waals surface area contributed by atoms with Crippen molar-refractivity contribution in [1.82, 2.24) is 4.98 Å². The second-order valence-corrected chi connectivity index (χ2v) is 7.39. The molecule has 5 nitrogen and oxygen atoms in total. The molecule has 0 aliphatic carbocycles. The maximum absolute atomic E-state index is 14.9. The number of carboxylic acid groups (broad SMARTS) is 1. The van der Waals surface area contributed by atoms with Gasteiger partial charge in [-0.15, -0.1) is 0 Å². The highest BCUT2D eigenvalue weighted by atomic mass is 19.1. The lowest BCUT2D eigenvalue weighted by molar-refractivity contribution is -0.136. The fourth-order valence-corrected chi connectivity index (χ4v) is 3.97. The number of aryl methyl sites for hydroxylation is 2. The average molecular weight is 406 g/mol. The number of pyridine rings is 1. The molecule has 3 N–H and O–H groups in total. The molecule has 0 fully saturated rings. The number of nitrogens with zero attached hydrogens (tertiary/aromatic N) is 1. The smallest absolute Gasteiger partial charge is 0.307 e. The quantitative estimate of drug-likeness (QED) is 0.625. The third kappa shape index (κ3) is 4.04. The maximum Gasteiger partial charge on any atom is 0.307 e. The van der Waals surface area contributed by atoms with Crippen LogP contribution in [-0.2, 0) is 37.0 Å². The number of nitrogens with two attached hydrogens (primary N) is 1. The number of rotatable bonds is 7. The van der Waals surface area contributed by atoms with Gasteiger partial charge in [0.05, 0.1) is 18.7 Å². The van der Waals surface area contributed by atoms with Gasteiger partial charge in [0.25, 0.3) is 0 Å². The molecular formula is C24H23FN2O3. The fourth-order valence-electron chi connectivity index (χ4n) is 3.97. The summed E-state index contributed by atoms with van der Waals surface area (Å²) in [7, 11) is 0. The lowest BCUT2D eigenvalue weighted by Crippen LogP contribution is -2.05. The molecule has 1 aliphatic rings. The third-order valence-electron chi connectivity index (χ3n) is 5.43. The Labute approximate surface area is 174 Å². The Bertz CT molecular complexity index is 1100. The van der Waals surface area contributed by atoms with Crippen molar-refractivity contribution >= 4 is 5.97 Å². The molecule has 30 heavy (non-hydrogen) atoms. The highest BCUT2D eigenvalue weighted by Crippen LogP contribution is 2.39. The second-order valence-electron chi connectivity index (χ2n) is 7.39. The van der Waals surface area contributed by atoms with Gasteiger partial charge < -0.3 is 15.6 Å². The molecule has 0 atom stereocenters. The van der Waals surface area contributed by atoms with Crippen LogP contribution in [0.1, 0.15) is 27.9 Å². The molecule has 2 heterocycles. The van der Waals surface area contributed by atoms with Gasteiger partial charge in [-0.3, -0.25) is 9.78 Å². The molecule has 0 amide bonds. The Morgan fingerprint density at radius 1 is 1.13 bits per heavy atom. The summed E-state index contributed by atoms with van der Waals surface area (Å²) < 4.78 is 20.7. The van der Waals surface area contributed by atoms with Crippen LogP contribution in [0, 0.1) is 5.82 Å². The number of benzene rings is 2. The summed E-state index contributed by atoms with van der Waals surface area (Å²) >= 11 is 0. The SMILES string of the molecule is NCc1nccc(-c2cc(CCc3ccccc3CC(=O)O)cc3c2OCC3)c1F. The molecule has 0 unspecified atom stereocenters. The minimum atomic E-state index is -0.844. The van der Waals surface area contributed by atoms with Crippen LogP contribution >= 0.6 is 0 Å². The summed E-state index contributed by atoms with van der Waals surface area (Å²) in [6, 6.07) is 13.3. The average Bonchev–Trinajstić information content (AvgIpc) is 3.21. The minimum Gasteiger partial charge on any atom is -0.492 e. The Balaban J connectivity index is 1.67. The van der Waals surface area contributed by atoms with Crippen LogP contribution in [0.25, 0.3) is 11.1 Å². The maximum atomic E-state index is 14.9. The van der Waals surface area contributed by atoms with Gasteiger partial charge in [0, 0.05) is 30.3 Å². The Hall–Kier alpha value is -3.25. The topological polar surface area (TPSA) is 85.4 Å². The number of ether oxygens (including phenoxy) is 1. The summed E-state index contributed by atoms with van der Waals surface area (Å²) in [5.74, 6) is -0.539. The van der Waals surface area contributed by atoms with E-state index >= 15 is 0 Å². The largest absolute Gasteiger partial charge is 0.492 e. The Morgan fingerprint density at radius 3 is 2.70 bits per heavy atom. The third-order valence-corrected chi connectivity index (χ3v) is 5.43. The standard InChI is InChI=1S/C24H23FN2O3/c25-23-19(7-9-27-21(23)14-26)20-12-15(11-18-8-10-30-24(18)20)5-6-16-3-1-2-4-17(16)13-22(28)29/h1-4,7,9,11-12H,5-6,8,10,13-14,26H2,(H,28,29). The molecular weight excluding hydrogens is 383 g/mol. The number of carbonyl (C=O) groups is 1. The number of hydrogen-bond acceptors (Lipinski definition) is 4. The van der Waals surface area contributed by atoms with Gasteiger partial charge >= 0.3 is 5.97 Å². The fraction of sp³-hybridized carbons (Fsp3) is 0.250. The van der Waals surface area contributed by atoms with Gasteiger partial charge in [-0.05, 0) is 47.2 Å². The van der Waals surface area contributed by atoms with E-state index in [1.807, 2.05) is 30.3 Å². The van der Waals surface area contributed by atoms with E-state index in [0.29, 0.717) is 30.6 Å². The number of aromatic nitrogens is 1. The lowest BCUT2D eigenvalue weighted by Gasteiger charge is -2.14. The molecule has 1 aliphatic heterocycles. The summed E-state index contributed by atoms with van der Waals surface area (Å²) in [5, 5.41) is 9.15. The first kappa shape index (κ1) is 20.0. The minimum absolute atomic E-state index is 0.00352. The van der Waals surface area contributed by atoms with Crippen LogP contribution in [0.2, 0.25) is 0 Å². The molecule has 0 saturated carbocycles. The zero-order valence-corrected chi connectivity index (χ0v) is 16.5. The van der Waals surface area contributed by atoms with Crippen molar-refractivity contribution in [2.24, 2.45) is 5.73 Å². The number of halogens is 1. The van der Waals surface area contributed by atoms with E-state index in [0.717, 1.165) is 34.4 Å². The molecule has 6 heteroatoms. The van der Waals surface area contributed by atoms with Crippen molar-refractivity contribution in [3.63, 3.8) is 0 Å². The molecule has 4 rings (SSSR count). The zero-order chi connectivity index (χ0) is 21.1. The van der Waals surface area contributed by atoms with E-state index in [1.54, 1.807) is 12.3 Å².